The number of hydrogen-bond acceptors (Lipinski definition) is 5. The van der Waals surface area contributed by atoms with Gasteiger partial charge in [-0.3, -0.25) is 4.79 Å². The number of sulfonamides is 1. The molecule has 0 fully saturated rings. The maximum Gasteiger partial charge on any atom is 0.250 e. The van der Waals surface area contributed by atoms with Gasteiger partial charge < -0.3 is 15.0 Å². The van der Waals surface area contributed by atoms with Gasteiger partial charge in [0.1, 0.15) is 6.61 Å². The minimum atomic E-state index is -3.64. The number of anilines is 2. The first-order valence-electron chi connectivity index (χ1n) is 10.7. The van der Waals surface area contributed by atoms with Crippen LogP contribution in [0.3, 0.4) is 0 Å². The SMILES string of the molecule is CCN(CC)c1ccc(S(=O)(=O)N(CC)CC)cc1NC(=O)COCc1ccccc1. The molecular weight excluding hydrogens is 414 g/mol. The van der Waals surface area contributed by atoms with Gasteiger partial charge in [0.25, 0.3) is 0 Å². The van der Waals surface area contributed by atoms with Crippen molar-refractivity contribution in [1.82, 2.24) is 4.31 Å². The lowest BCUT2D eigenvalue weighted by atomic mass is 10.2. The van der Waals surface area contributed by atoms with Gasteiger partial charge in [0.15, 0.2) is 0 Å². The van der Waals surface area contributed by atoms with Crippen molar-refractivity contribution in [2.75, 3.05) is 43.0 Å². The molecule has 2 aromatic carbocycles. The van der Waals surface area contributed by atoms with E-state index < -0.39 is 10.0 Å². The van der Waals surface area contributed by atoms with Crippen LogP contribution < -0.4 is 10.2 Å². The second kappa shape index (κ2) is 11.8. The number of hydrogen-bond donors (Lipinski definition) is 1. The van der Waals surface area contributed by atoms with Gasteiger partial charge in [0.2, 0.25) is 15.9 Å². The summed E-state index contributed by atoms with van der Waals surface area (Å²) in [5.74, 6) is -0.332. The molecule has 0 radical (unpaired) electrons. The molecule has 8 heteroatoms. The Morgan fingerprint density at radius 1 is 0.935 bits per heavy atom. The zero-order chi connectivity index (χ0) is 22.9. The van der Waals surface area contributed by atoms with Crippen LogP contribution in [-0.2, 0) is 26.2 Å². The lowest BCUT2D eigenvalue weighted by Crippen LogP contribution is -2.31. The van der Waals surface area contributed by atoms with Gasteiger partial charge in [-0.2, -0.15) is 4.31 Å². The summed E-state index contributed by atoms with van der Waals surface area (Å²) in [6, 6.07) is 14.5. The van der Waals surface area contributed by atoms with E-state index in [-0.39, 0.29) is 17.4 Å². The fourth-order valence-electron chi connectivity index (χ4n) is 3.35. The highest BCUT2D eigenvalue weighted by molar-refractivity contribution is 7.89. The van der Waals surface area contributed by atoms with Crippen LogP contribution in [0.15, 0.2) is 53.4 Å². The lowest BCUT2D eigenvalue weighted by Gasteiger charge is -2.26. The number of nitrogens with one attached hydrogen (secondary N) is 1. The van der Waals surface area contributed by atoms with Gasteiger partial charge in [0.05, 0.1) is 22.9 Å². The van der Waals surface area contributed by atoms with Crippen molar-refractivity contribution in [1.29, 1.82) is 0 Å². The van der Waals surface area contributed by atoms with E-state index in [1.807, 2.05) is 44.2 Å². The summed E-state index contributed by atoms with van der Waals surface area (Å²) in [7, 11) is -3.64. The highest BCUT2D eigenvalue weighted by Gasteiger charge is 2.24. The average Bonchev–Trinajstić information content (AvgIpc) is 2.77. The number of carbonyl (C=O) groups excluding carboxylic acids is 1. The van der Waals surface area contributed by atoms with E-state index in [1.165, 1.54) is 10.4 Å². The number of benzene rings is 2. The fourth-order valence-corrected chi connectivity index (χ4v) is 4.84. The van der Waals surface area contributed by atoms with Crippen LogP contribution >= 0.6 is 0 Å². The van der Waals surface area contributed by atoms with Crippen molar-refractivity contribution in [2.24, 2.45) is 0 Å². The Morgan fingerprint density at radius 2 is 1.58 bits per heavy atom. The molecule has 0 spiro atoms. The molecule has 0 saturated carbocycles. The largest absolute Gasteiger partial charge is 0.370 e. The molecule has 0 aliphatic heterocycles. The van der Waals surface area contributed by atoms with Crippen molar-refractivity contribution in [3.8, 4) is 0 Å². The molecule has 2 rings (SSSR count). The molecule has 0 heterocycles. The Balaban J connectivity index is 2.24. The van der Waals surface area contributed by atoms with Crippen LogP contribution in [0.4, 0.5) is 11.4 Å². The van der Waals surface area contributed by atoms with Crippen LogP contribution in [0.5, 0.6) is 0 Å². The van der Waals surface area contributed by atoms with Crippen LogP contribution in [0, 0.1) is 0 Å². The minimum Gasteiger partial charge on any atom is -0.370 e. The summed E-state index contributed by atoms with van der Waals surface area (Å²) >= 11 is 0. The Kier molecular flexibility index (Phi) is 9.48. The third-order valence-corrected chi connectivity index (χ3v) is 7.08. The molecule has 0 aliphatic carbocycles. The van der Waals surface area contributed by atoms with Crippen LogP contribution in [0.25, 0.3) is 0 Å². The van der Waals surface area contributed by atoms with Gasteiger partial charge in [0, 0.05) is 26.2 Å². The Morgan fingerprint density at radius 3 is 2.16 bits per heavy atom. The van der Waals surface area contributed by atoms with E-state index in [9.17, 15) is 13.2 Å². The van der Waals surface area contributed by atoms with E-state index >= 15 is 0 Å². The summed E-state index contributed by atoms with van der Waals surface area (Å²) in [6.45, 7) is 10.1. The van der Waals surface area contributed by atoms with Crippen molar-refractivity contribution in [3.63, 3.8) is 0 Å². The summed E-state index contributed by atoms with van der Waals surface area (Å²) in [4.78, 5) is 14.8. The van der Waals surface area contributed by atoms with E-state index in [0.29, 0.717) is 25.4 Å². The number of nitrogens with zero attached hydrogens (tertiary/aromatic N) is 2. The van der Waals surface area contributed by atoms with Gasteiger partial charge in [-0.25, -0.2) is 8.42 Å². The summed E-state index contributed by atoms with van der Waals surface area (Å²) < 4.78 is 32.8. The lowest BCUT2D eigenvalue weighted by molar-refractivity contribution is -0.121. The van der Waals surface area contributed by atoms with Crippen LogP contribution in [-0.4, -0.2) is 51.4 Å². The highest BCUT2D eigenvalue weighted by Crippen LogP contribution is 2.30. The van der Waals surface area contributed by atoms with E-state index in [2.05, 4.69) is 10.2 Å². The molecule has 1 amide bonds. The smallest absolute Gasteiger partial charge is 0.250 e. The minimum absolute atomic E-state index is 0.125. The molecule has 2 aromatic rings. The van der Waals surface area contributed by atoms with Gasteiger partial charge in [-0.15, -0.1) is 0 Å². The molecule has 170 valence electrons. The van der Waals surface area contributed by atoms with Gasteiger partial charge >= 0.3 is 0 Å². The van der Waals surface area contributed by atoms with Gasteiger partial charge in [-0.1, -0.05) is 44.2 Å². The van der Waals surface area contributed by atoms with Crippen molar-refractivity contribution in [3.05, 3.63) is 54.1 Å². The Labute approximate surface area is 186 Å². The zero-order valence-electron chi connectivity index (χ0n) is 18.8. The standard InChI is InChI=1S/C23H33N3O4S/c1-5-25(6-2)22-15-14-20(31(28,29)26(7-3)8-4)16-21(22)24-23(27)18-30-17-19-12-10-9-11-13-19/h9-16H,5-8,17-18H2,1-4H3,(H,24,27). The molecule has 0 aliphatic rings. The van der Waals surface area contributed by atoms with Crippen molar-refractivity contribution >= 4 is 27.3 Å². The molecule has 0 unspecified atom stereocenters. The van der Waals surface area contributed by atoms with Crippen LogP contribution in [0.2, 0.25) is 0 Å². The molecule has 7 nitrogen and oxygen atoms in total. The maximum atomic E-state index is 13.0. The summed E-state index contributed by atoms with van der Waals surface area (Å²) in [6.07, 6.45) is 0. The van der Waals surface area contributed by atoms with E-state index in [4.69, 9.17) is 4.74 Å². The number of amides is 1. The predicted molar refractivity (Wildman–Crippen MR) is 125 cm³/mol. The molecule has 31 heavy (non-hydrogen) atoms. The Bertz CT molecular complexity index is 941. The molecule has 0 bridgehead atoms. The topological polar surface area (TPSA) is 79.0 Å². The molecule has 1 N–H and O–H groups in total. The van der Waals surface area contributed by atoms with Crippen LogP contribution in [0.1, 0.15) is 33.3 Å². The first-order chi connectivity index (χ1) is 14.9. The third kappa shape index (κ3) is 6.53. The molecule has 0 atom stereocenters. The number of carbonyl (C=O) groups is 1. The third-order valence-electron chi connectivity index (χ3n) is 5.03. The Hall–Kier alpha value is -2.42. The second-order valence-corrected chi connectivity index (χ2v) is 8.91. The van der Waals surface area contributed by atoms with Gasteiger partial charge in [-0.05, 0) is 37.6 Å². The van der Waals surface area contributed by atoms with E-state index in [0.717, 1.165) is 24.3 Å². The van der Waals surface area contributed by atoms with Crippen molar-refractivity contribution < 1.29 is 17.9 Å². The fraction of sp³-hybridized carbons (Fsp3) is 0.435. The average molecular weight is 448 g/mol. The maximum absolute atomic E-state index is 13.0. The second-order valence-electron chi connectivity index (χ2n) is 6.97. The highest BCUT2D eigenvalue weighted by atomic mass is 32.2. The molecule has 0 aromatic heterocycles. The number of ether oxygens (including phenoxy) is 1. The molecular formula is C23H33N3O4S. The zero-order valence-corrected chi connectivity index (χ0v) is 19.6. The molecule has 0 saturated heterocycles. The predicted octanol–water partition coefficient (Wildman–Crippen LogP) is 3.72. The number of rotatable bonds is 12. The normalized spacial score (nSPS) is 11.5. The monoisotopic (exact) mass is 447 g/mol. The first-order valence-corrected chi connectivity index (χ1v) is 12.1. The summed E-state index contributed by atoms with van der Waals surface area (Å²) in [5, 5.41) is 2.84. The summed E-state index contributed by atoms with van der Waals surface area (Å²) in [5.41, 5.74) is 2.22. The first kappa shape index (κ1) is 24.8. The van der Waals surface area contributed by atoms with E-state index in [1.54, 1.807) is 26.0 Å². The quantitative estimate of drug-likeness (QED) is 0.536. The van der Waals surface area contributed by atoms with Crippen molar-refractivity contribution in [2.45, 2.75) is 39.2 Å².